The fourth-order valence-corrected chi connectivity index (χ4v) is 16.3. The van der Waals surface area contributed by atoms with Crippen molar-refractivity contribution in [2.45, 2.75) is 39.3 Å². The Morgan fingerprint density at radius 3 is 1.02 bits per heavy atom. The Balaban J connectivity index is 0.000000176. The van der Waals surface area contributed by atoms with Crippen LogP contribution in [0.4, 0.5) is 34.1 Å². The van der Waals surface area contributed by atoms with Crippen LogP contribution in [-0.2, 0) is 60.3 Å². The minimum atomic E-state index is -1.62. The Hall–Kier alpha value is -7.91. The first-order chi connectivity index (χ1) is 43.8. The maximum atomic E-state index is 4.47. The molecule has 0 bridgehead atoms. The van der Waals surface area contributed by atoms with Crippen molar-refractivity contribution in [3.8, 4) is 0 Å². The zero-order valence-corrected chi connectivity index (χ0v) is 63.7. The van der Waals surface area contributed by atoms with Crippen LogP contribution in [0.3, 0.4) is 0 Å². The number of hydrogen-bond acceptors (Lipinski definition) is 9. The van der Waals surface area contributed by atoms with Crippen LogP contribution in [0.2, 0.25) is 39.3 Å². The molecule has 0 N–H and O–H groups in total. The second kappa shape index (κ2) is 37.1. The van der Waals surface area contributed by atoms with Crippen molar-refractivity contribution in [1.29, 1.82) is 0 Å². The number of pyridine rings is 3. The molecule has 0 spiro atoms. The molecule has 9 nitrogen and oxygen atoms in total. The number of para-hydroxylation sites is 6. The first-order valence-electron chi connectivity index (χ1n) is 30.0. The summed E-state index contributed by atoms with van der Waals surface area (Å²) in [6.45, 7) is 20.0. The van der Waals surface area contributed by atoms with Gasteiger partial charge in [0.15, 0.2) is 0 Å². The Bertz CT molecular complexity index is 3520. The maximum Gasteiger partial charge on any atom is 3.00 e. The SMILES string of the molecule is CN1C=CN(c2[c-]cccc2)[CH-]1.CN1[CH-]N(c2[c-]cccc2)c2ccccc21.C[Si](C)(c1[c-]cccc1)c1ccccn1.C[Si](C)(c1[c-]cccc1)c1ccccn1.C[Si](C)(c1[c-]cccc1)c1ccccn1.[Ir+3].[Ir+3].[Ir+3].[c-]1ccccc1N1C=CN(c2ccccc2)[CH-]1. The first kappa shape index (κ1) is 74.1. The summed E-state index contributed by atoms with van der Waals surface area (Å²) in [4.78, 5) is 25.8. The van der Waals surface area contributed by atoms with E-state index in [1.807, 2.05) is 218 Å². The van der Waals surface area contributed by atoms with E-state index in [4.69, 9.17) is 0 Å². The number of anilines is 6. The van der Waals surface area contributed by atoms with Gasteiger partial charge in [-0.3, -0.25) is 15.0 Å². The zero-order valence-electron chi connectivity index (χ0n) is 53.5. The molecule has 93 heavy (non-hydrogen) atoms. The van der Waals surface area contributed by atoms with E-state index in [0.717, 1.165) is 22.7 Å². The molecule has 3 aliphatic heterocycles. The molecule has 0 radical (unpaired) electrons. The van der Waals surface area contributed by atoms with Crippen molar-refractivity contribution in [3.63, 3.8) is 0 Å². The van der Waals surface area contributed by atoms with Crippen LogP contribution in [0.5, 0.6) is 0 Å². The third kappa shape index (κ3) is 20.8. The van der Waals surface area contributed by atoms with Gasteiger partial charge >= 0.3 is 60.3 Å². The summed E-state index contributed by atoms with van der Waals surface area (Å²) < 4.78 is 0. The number of nitrogens with zero attached hydrogens (tertiary/aromatic N) is 9. The topological polar surface area (TPSA) is 58.1 Å². The Morgan fingerprint density at radius 2 is 0.656 bits per heavy atom. The molecule has 472 valence electrons. The van der Waals surface area contributed by atoms with E-state index >= 15 is 0 Å². The molecular weight excluding hydrogens is 1720 g/mol. The fourth-order valence-electron chi connectivity index (χ4n) is 9.88. The summed E-state index contributed by atoms with van der Waals surface area (Å²) in [6.07, 6.45) is 13.7. The van der Waals surface area contributed by atoms with Gasteiger partial charge in [-0.05, 0) is 99.6 Å². The molecule has 0 atom stereocenters. The van der Waals surface area contributed by atoms with Crippen molar-refractivity contribution in [2.24, 2.45) is 0 Å². The standard InChI is InChI=1S/C15H12N2.C14H12N2.3C13H14NSi.C10H10N2.3Ir/c1-3-7-14(8-4-1)16-11-12-17(13-16)15-9-5-2-6-10-15;1-15-11-16(12-7-3-2-4-8-12)14-10-6-5-9-13(14)15;3*1-15(2,12-8-4-3-5-9-12)13-10-6-7-11-14-13;1-11-7-8-12(9-11)10-5-3-2-4-6-10;;;/h1-9,11-13H;2-7,9-11H,1H3;3*3-8,10-11H,1-2H3;2-5,7-9H,1H3;;;/q2*-2;3*-1;-2;3*+3. The van der Waals surface area contributed by atoms with Crippen molar-refractivity contribution >= 4 is 89.9 Å². The number of hydrogen-bond donors (Lipinski definition) is 0. The Morgan fingerprint density at radius 1 is 0.312 bits per heavy atom. The van der Waals surface area contributed by atoms with Crippen LogP contribution in [0.25, 0.3) is 0 Å². The molecule has 11 aromatic rings. The van der Waals surface area contributed by atoms with Gasteiger partial charge < -0.3 is 29.4 Å². The molecule has 0 unspecified atom stereocenters. The third-order valence-electron chi connectivity index (χ3n) is 15.2. The summed E-state index contributed by atoms with van der Waals surface area (Å²) in [5.74, 6) is 0. The first-order valence-corrected chi connectivity index (χ1v) is 39.0. The molecule has 0 amide bonds. The van der Waals surface area contributed by atoms with E-state index < -0.39 is 24.2 Å². The van der Waals surface area contributed by atoms with Gasteiger partial charge in [-0.2, -0.15) is 211 Å². The van der Waals surface area contributed by atoms with Crippen molar-refractivity contribution in [3.05, 3.63) is 355 Å². The fraction of sp³-hybridized carbons (Fsp3) is 0.103. The Labute approximate surface area is 597 Å². The molecule has 0 saturated carbocycles. The monoisotopic (exact) mass is 1800 g/mol. The predicted octanol–water partition coefficient (Wildman–Crippen LogP) is 13.5. The summed E-state index contributed by atoms with van der Waals surface area (Å²) in [5.41, 5.74) is 6.76. The van der Waals surface area contributed by atoms with Crippen LogP contribution in [0.15, 0.2) is 298 Å². The van der Waals surface area contributed by atoms with E-state index in [2.05, 4.69) is 234 Å². The van der Waals surface area contributed by atoms with Gasteiger partial charge in [-0.1, -0.05) is 87.8 Å². The second-order valence-electron chi connectivity index (χ2n) is 22.7. The number of fused-ring (bicyclic) bond motifs is 1. The van der Waals surface area contributed by atoms with Crippen molar-refractivity contribution < 1.29 is 60.3 Å². The quantitative estimate of drug-likeness (QED) is 0.0984. The van der Waals surface area contributed by atoms with Gasteiger partial charge in [0.1, 0.15) is 24.2 Å². The average Bonchev–Trinajstić information content (AvgIpc) is 1.79. The molecule has 14 rings (SSSR count). The molecule has 3 aromatic heterocycles. The van der Waals surface area contributed by atoms with Gasteiger partial charge in [0.2, 0.25) is 0 Å². The largest absolute Gasteiger partial charge is 3.00 e. The number of rotatable bonds is 10. The minimum Gasteiger partial charge on any atom is -0.510 e. The predicted molar refractivity (Wildman–Crippen MR) is 384 cm³/mol. The van der Waals surface area contributed by atoms with E-state index in [1.165, 1.54) is 42.9 Å². The minimum absolute atomic E-state index is 0. The van der Waals surface area contributed by atoms with Crippen LogP contribution in [-0.4, -0.2) is 58.2 Å². The summed E-state index contributed by atoms with van der Waals surface area (Å²) >= 11 is 0. The van der Waals surface area contributed by atoms with Gasteiger partial charge in [0.05, 0.1) is 0 Å². The van der Waals surface area contributed by atoms with Gasteiger partial charge in [0, 0.05) is 51.6 Å². The molecule has 3 aliphatic rings. The average molecular weight is 1800 g/mol. The Kier molecular flexibility index (Phi) is 29.6. The van der Waals surface area contributed by atoms with E-state index in [-0.39, 0.29) is 60.3 Å². The summed E-state index contributed by atoms with van der Waals surface area (Å²) in [5, 5.41) is 7.57. The molecule has 8 aromatic carbocycles. The van der Waals surface area contributed by atoms with Gasteiger partial charge in [-0.15, -0.1) is 23.7 Å². The zero-order chi connectivity index (χ0) is 63.0. The molecule has 6 heterocycles. The van der Waals surface area contributed by atoms with Gasteiger partial charge in [-0.25, -0.2) is 0 Å². The van der Waals surface area contributed by atoms with E-state index in [9.17, 15) is 0 Å². The van der Waals surface area contributed by atoms with Gasteiger partial charge in [0.25, 0.3) is 0 Å². The van der Waals surface area contributed by atoms with Crippen LogP contribution < -0.4 is 56.0 Å². The third-order valence-corrected chi connectivity index (χ3v) is 24.9. The molecule has 15 heteroatoms. The summed E-state index contributed by atoms with van der Waals surface area (Å²) in [6, 6.07) is 105. The smallest absolute Gasteiger partial charge is 0.510 e. The number of benzene rings is 8. The maximum absolute atomic E-state index is 4.47. The molecule has 0 aliphatic carbocycles. The van der Waals surface area contributed by atoms with Crippen LogP contribution in [0.1, 0.15) is 0 Å². The second-order valence-corrected chi connectivity index (χ2v) is 35.6. The van der Waals surface area contributed by atoms with E-state index in [0.29, 0.717) is 0 Å². The van der Waals surface area contributed by atoms with E-state index in [1.54, 1.807) is 0 Å². The molecular formula is C78H76Ir3N9Si3. The normalized spacial score (nSPS) is 12.6. The van der Waals surface area contributed by atoms with Crippen molar-refractivity contribution in [2.75, 3.05) is 38.6 Å². The molecule has 0 saturated heterocycles. The van der Waals surface area contributed by atoms with Crippen molar-refractivity contribution in [1.82, 2.24) is 19.9 Å². The molecule has 0 fully saturated rings. The van der Waals surface area contributed by atoms with Crippen LogP contribution >= 0.6 is 0 Å². The number of aromatic nitrogens is 3. The van der Waals surface area contributed by atoms with Crippen LogP contribution in [0, 0.1) is 56.4 Å². The summed E-state index contributed by atoms with van der Waals surface area (Å²) in [7, 11) is -0.810.